The molecule has 0 aromatic heterocycles. The molecule has 0 saturated carbocycles. The van der Waals surface area contributed by atoms with Gasteiger partial charge in [-0.15, -0.1) is 6.58 Å². The number of hydrogen-bond donors (Lipinski definition) is 2. The summed E-state index contributed by atoms with van der Waals surface area (Å²) in [7, 11) is 0. The predicted octanol–water partition coefficient (Wildman–Crippen LogP) is 0.921. The Labute approximate surface area is 82.3 Å². The molecule has 0 unspecified atom stereocenters. The van der Waals surface area contributed by atoms with Crippen molar-refractivity contribution in [3.63, 3.8) is 0 Å². The molecule has 0 amide bonds. The number of carboxylic acids is 2. The van der Waals surface area contributed by atoms with Crippen LogP contribution in [0.1, 0.15) is 6.92 Å². The molecule has 0 aromatic rings. The molecule has 1 heterocycles. The van der Waals surface area contributed by atoms with E-state index in [1.54, 1.807) is 6.08 Å². The minimum absolute atomic E-state index is 0.558. The van der Waals surface area contributed by atoms with Gasteiger partial charge < -0.3 is 14.9 Å². The molecular weight excluding hydrogens is 188 g/mol. The van der Waals surface area contributed by atoms with Gasteiger partial charge in [-0.1, -0.05) is 6.08 Å². The van der Waals surface area contributed by atoms with Gasteiger partial charge in [-0.05, 0) is 6.92 Å². The number of epoxide rings is 1. The van der Waals surface area contributed by atoms with Gasteiger partial charge >= 0.3 is 11.9 Å². The highest BCUT2D eigenvalue weighted by Gasteiger charge is 1.94. The Bertz CT molecular complexity index is 186. The highest BCUT2D eigenvalue weighted by atomic mass is 16.6. The summed E-state index contributed by atoms with van der Waals surface area (Å²) in [6.07, 6.45) is 2.87. The highest BCUT2D eigenvalue weighted by molar-refractivity contribution is 5.89. The zero-order valence-corrected chi connectivity index (χ0v) is 7.97. The van der Waals surface area contributed by atoms with E-state index >= 15 is 0 Å². The number of carboxylic acid groups (broad SMARTS) is 2. The van der Waals surface area contributed by atoms with E-state index in [4.69, 9.17) is 10.2 Å². The Morgan fingerprint density at radius 3 is 1.50 bits per heavy atom. The molecule has 1 saturated heterocycles. The third kappa shape index (κ3) is 47.6. The Hall–Kier alpha value is -1.62. The zero-order valence-electron chi connectivity index (χ0n) is 7.97. The summed E-state index contributed by atoms with van der Waals surface area (Å²) in [4.78, 5) is 19.1. The van der Waals surface area contributed by atoms with Gasteiger partial charge in [-0.3, -0.25) is 0 Å². The Balaban J connectivity index is 0. The summed E-state index contributed by atoms with van der Waals surface area (Å²) in [5.41, 5.74) is 0. The van der Waals surface area contributed by atoms with Gasteiger partial charge in [0.15, 0.2) is 0 Å². The Morgan fingerprint density at radius 1 is 1.21 bits per heavy atom. The van der Waals surface area contributed by atoms with Crippen LogP contribution in [0.15, 0.2) is 24.8 Å². The molecule has 5 nitrogen and oxygen atoms in total. The molecule has 1 aliphatic heterocycles. The van der Waals surface area contributed by atoms with Crippen molar-refractivity contribution in [2.45, 2.75) is 6.92 Å². The van der Waals surface area contributed by atoms with Crippen molar-refractivity contribution < 1.29 is 24.5 Å². The predicted molar refractivity (Wildman–Crippen MR) is 51.1 cm³/mol. The molecule has 0 radical (unpaired) electrons. The van der Waals surface area contributed by atoms with E-state index in [1.807, 2.05) is 6.92 Å². The summed E-state index contributed by atoms with van der Waals surface area (Å²) in [6, 6.07) is 0. The van der Waals surface area contributed by atoms with E-state index in [0.717, 1.165) is 13.2 Å². The van der Waals surface area contributed by atoms with E-state index in [1.165, 1.54) is 0 Å². The van der Waals surface area contributed by atoms with Crippen LogP contribution in [0, 0.1) is 0 Å². The van der Waals surface area contributed by atoms with Crippen molar-refractivity contribution in [3.05, 3.63) is 24.8 Å². The van der Waals surface area contributed by atoms with Crippen molar-refractivity contribution in [1.82, 2.24) is 0 Å². The lowest BCUT2D eigenvalue weighted by Gasteiger charge is -1.74. The van der Waals surface area contributed by atoms with Gasteiger partial charge in [-0.2, -0.15) is 0 Å². The Morgan fingerprint density at radius 2 is 1.43 bits per heavy atom. The van der Waals surface area contributed by atoms with E-state index < -0.39 is 11.9 Å². The van der Waals surface area contributed by atoms with Gasteiger partial charge in [0.05, 0.1) is 13.2 Å². The molecule has 0 bridgehead atoms. The molecule has 0 spiro atoms. The summed E-state index contributed by atoms with van der Waals surface area (Å²) in [5, 5.41) is 15.6. The van der Waals surface area contributed by atoms with Gasteiger partial charge in [-0.25, -0.2) is 9.59 Å². The second kappa shape index (κ2) is 11.4. The average molecular weight is 202 g/mol. The lowest BCUT2D eigenvalue weighted by Crippen LogP contribution is -1.91. The molecule has 80 valence electrons. The maximum atomic E-state index is 9.55. The monoisotopic (exact) mass is 202 g/mol. The van der Waals surface area contributed by atoms with Crippen LogP contribution in [0.4, 0.5) is 0 Å². The summed E-state index contributed by atoms with van der Waals surface area (Å²) in [5.74, 6) is -2.51. The maximum Gasteiger partial charge on any atom is 0.328 e. The summed E-state index contributed by atoms with van der Waals surface area (Å²) in [6.45, 7) is 7.25. The third-order valence-electron chi connectivity index (χ3n) is 0.573. The molecule has 0 aromatic carbocycles. The maximum absolute atomic E-state index is 9.55. The minimum Gasteiger partial charge on any atom is -0.478 e. The van der Waals surface area contributed by atoms with Gasteiger partial charge in [0.2, 0.25) is 0 Å². The van der Waals surface area contributed by atoms with Crippen molar-refractivity contribution in [3.8, 4) is 0 Å². The summed E-state index contributed by atoms with van der Waals surface area (Å²) < 4.78 is 4.50. The molecule has 1 fully saturated rings. The lowest BCUT2D eigenvalue weighted by molar-refractivity contribution is -0.134. The first-order valence-corrected chi connectivity index (χ1v) is 3.83. The number of aliphatic carboxylic acids is 2. The number of rotatable bonds is 2. The van der Waals surface area contributed by atoms with Crippen LogP contribution in [0.25, 0.3) is 0 Å². The smallest absolute Gasteiger partial charge is 0.328 e. The zero-order chi connectivity index (χ0) is 11.4. The number of carbonyl (C=O) groups is 2. The van der Waals surface area contributed by atoms with E-state index in [0.29, 0.717) is 12.2 Å². The molecule has 1 rings (SSSR count). The lowest BCUT2D eigenvalue weighted by atomic mass is 10.5. The van der Waals surface area contributed by atoms with Crippen molar-refractivity contribution in [2.75, 3.05) is 13.2 Å². The molecule has 0 atom stereocenters. The topological polar surface area (TPSA) is 87.1 Å². The highest BCUT2D eigenvalue weighted by Crippen LogP contribution is 1.84. The fraction of sp³-hybridized carbons (Fsp3) is 0.333. The quantitative estimate of drug-likeness (QED) is 0.395. The SMILES string of the molecule is C1CO1.C=CC.O=C(O)/C=C\C(=O)O. The van der Waals surface area contributed by atoms with Crippen LogP contribution in [-0.4, -0.2) is 35.4 Å². The first-order valence-electron chi connectivity index (χ1n) is 3.83. The number of hydrogen-bond acceptors (Lipinski definition) is 3. The largest absolute Gasteiger partial charge is 0.478 e. The van der Waals surface area contributed by atoms with Crippen LogP contribution < -0.4 is 0 Å². The van der Waals surface area contributed by atoms with Crippen LogP contribution in [-0.2, 0) is 14.3 Å². The summed E-state index contributed by atoms with van der Waals surface area (Å²) >= 11 is 0. The minimum atomic E-state index is -1.26. The van der Waals surface area contributed by atoms with Crippen molar-refractivity contribution >= 4 is 11.9 Å². The third-order valence-corrected chi connectivity index (χ3v) is 0.573. The number of allylic oxidation sites excluding steroid dienone is 1. The van der Waals surface area contributed by atoms with Crippen LogP contribution >= 0.6 is 0 Å². The molecule has 5 heteroatoms. The van der Waals surface area contributed by atoms with E-state index in [-0.39, 0.29) is 0 Å². The average Bonchev–Trinajstić information content (AvgIpc) is 2.87. The fourth-order valence-corrected chi connectivity index (χ4v) is 0.143. The van der Waals surface area contributed by atoms with Crippen LogP contribution in [0.2, 0.25) is 0 Å². The van der Waals surface area contributed by atoms with Crippen molar-refractivity contribution in [1.29, 1.82) is 0 Å². The molecular formula is C9H14O5. The molecule has 2 N–H and O–H groups in total. The van der Waals surface area contributed by atoms with Gasteiger partial charge in [0, 0.05) is 12.2 Å². The second-order valence-electron chi connectivity index (χ2n) is 2.03. The van der Waals surface area contributed by atoms with E-state index in [2.05, 4.69) is 11.3 Å². The van der Waals surface area contributed by atoms with Gasteiger partial charge in [0.1, 0.15) is 0 Å². The first kappa shape index (κ1) is 14.9. The standard InChI is InChI=1S/C4H4O4.C3H6.C2H4O/c5-3(6)1-2-4(7)8;1-3-2;1-2-3-1/h1-2H,(H,5,6)(H,7,8);3H,1H2,2H3;1-2H2/b2-1-;;. The molecule has 14 heavy (non-hydrogen) atoms. The van der Waals surface area contributed by atoms with Gasteiger partial charge in [0.25, 0.3) is 0 Å². The normalized spacial score (nSPS) is 11.5. The second-order valence-corrected chi connectivity index (χ2v) is 2.03. The van der Waals surface area contributed by atoms with E-state index in [9.17, 15) is 9.59 Å². The van der Waals surface area contributed by atoms with Crippen molar-refractivity contribution in [2.24, 2.45) is 0 Å². The van der Waals surface area contributed by atoms with Crippen LogP contribution in [0.3, 0.4) is 0 Å². The fourth-order valence-electron chi connectivity index (χ4n) is 0.143. The molecule has 1 aliphatic rings. The Kier molecular flexibility index (Phi) is 12.1. The van der Waals surface area contributed by atoms with Crippen LogP contribution in [0.5, 0.6) is 0 Å². The molecule has 0 aliphatic carbocycles. The first-order chi connectivity index (χ1) is 6.54. The number of ether oxygens (including phenoxy) is 1.